The van der Waals surface area contributed by atoms with E-state index in [-0.39, 0.29) is 23.9 Å². The van der Waals surface area contributed by atoms with Crippen molar-refractivity contribution in [1.82, 2.24) is 34.9 Å². The van der Waals surface area contributed by atoms with Gasteiger partial charge in [0.15, 0.2) is 5.82 Å². The number of amides is 1. The fourth-order valence-electron chi connectivity index (χ4n) is 4.55. The van der Waals surface area contributed by atoms with Crippen LogP contribution in [0, 0.1) is 0 Å². The summed E-state index contributed by atoms with van der Waals surface area (Å²) < 4.78 is 43.0. The number of nitrogens with one attached hydrogen (secondary N) is 1. The highest BCUT2D eigenvalue weighted by Crippen LogP contribution is 2.45. The minimum atomic E-state index is -4.50. The number of nitrogens with zero attached hydrogens (tertiary/aromatic N) is 6. The molecule has 198 valence electrons. The number of hydrogen-bond donors (Lipinski definition) is 1. The SMILES string of the molecule is CC1CNCC(c2sc(C(F)(F)F)cc2-c2cnc(C3CC3)nc2)N1C(=O)Cn1cnc(C(C)(C)C)n1. The molecule has 12 heteroatoms. The molecule has 2 aliphatic rings. The number of carbonyl (C=O) groups is 1. The molecule has 1 saturated heterocycles. The quantitative estimate of drug-likeness (QED) is 0.518. The molecule has 1 aliphatic heterocycles. The van der Waals surface area contributed by atoms with Gasteiger partial charge in [-0.15, -0.1) is 11.3 Å². The summed E-state index contributed by atoms with van der Waals surface area (Å²) in [4.78, 5) is 28.2. The standard InChI is InChI=1S/C25H30F3N7OS/c1-14-8-29-11-18(35(14)20(36)12-34-13-32-23(33-34)24(2,3)4)21-17(7-19(37-21)25(26,27)28)16-9-30-22(31-10-16)15-5-6-15/h7,9-10,13-15,18,29H,5-6,8,11-12H2,1-4H3. The Morgan fingerprint density at radius 1 is 1.14 bits per heavy atom. The largest absolute Gasteiger partial charge is 0.425 e. The van der Waals surface area contributed by atoms with Gasteiger partial charge in [0.05, 0.1) is 6.04 Å². The lowest BCUT2D eigenvalue weighted by atomic mass is 9.96. The molecule has 2 unspecified atom stereocenters. The van der Waals surface area contributed by atoms with Crippen molar-refractivity contribution in [3.63, 3.8) is 0 Å². The molecule has 4 heterocycles. The zero-order valence-electron chi connectivity index (χ0n) is 21.2. The average Bonchev–Trinajstić information content (AvgIpc) is 3.38. The molecule has 0 radical (unpaired) electrons. The minimum absolute atomic E-state index is 0.0457. The highest BCUT2D eigenvalue weighted by atomic mass is 32.1. The molecule has 3 aromatic rings. The number of thiophene rings is 1. The maximum Gasteiger partial charge on any atom is 0.425 e. The van der Waals surface area contributed by atoms with Gasteiger partial charge in [-0.2, -0.15) is 18.3 Å². The van der Waals surface area contributed by atoms with Crippen LogP contribution in [-0.4, -0.2) is 54.7 Å². The normalized spacial score (nSPS) is 20.9. The third-order valence-corrected chi connectivity index (χ3v) is 7.93. The molecule has 2 atom stereocenters. The van der Waals surface area contributed by atoms with Crippen LogP contribution in [-0.2, 0) is 22.9 Å². The van der Waals surface area contributed by atoms with Gasteiger partial charge in [-0.1, -0.05) is 20.8 Å². The fourth-order valence-corrected chi connectivity index (χ4v) is 5.70. The van der Waals surface area contributed by atoms with Crippen LogP contribution in [0.2, 0.25) is 0 Å². The van der Waals surface area contributed by atoms with E-state index in [1.807, 2.05) is 27.7 Å². The maximum atomic E-state index is 13.8. The number of carbonyl (C=O) groups excluding carboxylic acids is 1. The van der Waals surface area contributed by atoms with Crippen LogP contribution in [0.3, 0.4) is 0 Å². The Morgan fingerprint density at radius 2 is 1.84 bits per heavy atom. The molecule has 0 bridgehead atoms. The van der Waals surface area contributed by atoms with Crippen LogP contribution in [0.15, 0.2) is 24.8 Å². The van der Waals surface area contributed by atoms with Crippen LogP contribution in [0.1, 0.15) is 73.9 Å². The van der Waals surface area contributed by atoms with Crippen molar-refractivity contribution in [2.45, 2.75) is 76.7 Å². The van der Waals surface area contributed by atoms with E-state index >= 15 is 0 Å². The number of hydrogen-bond acceptors (Lipinski definition) is 7. The lowest BCUT2D eigenvalue weighted by Gasteiger charge is -2.41. The molecule has 0 aromatic carbocycles. The van der Waals surface area contributed by atoms with E-state index in [9.17, 15) is 18.0 Å². The summed E-state index contributed by atoms with van der Waals surface area (Å²) in [7, 11) is 0. The Bertz CT molecular complexity index is 1270. The molecule has 1 N–H and O–H groups in total. The summed E-state index contributed by atoms with van der Waals surface area (Å²) in [5.74, 6) is 1.46. The summed E-state index contributed by atoms with van der Waals surface area (Å²) in [6.07, 6.45) is 2.29. The van der Waals surface area contributed by atoms with Gasteiger partial charge in [0.1, 0.15) is 23.6 Å². The molecule has 37 heavy (non-hydrogen) atoms. The second kappa shape index (κ2) is 9.46. The summed E-state index contributed by atoms with van der Waals surface area (Å²) in [6.45, 7) is 8.69. The molecule has 1 amide bonds. The van der Waals surface area contributed by atoms with E-state index in [0.717, 1.165) is 24.7 Å². The third-order valence-electron chi connectivity index (χ3n) is 6.65. The van der Waals surface area contributed by atoms with Gasteiger partial charge in [-0.25, -0.2) is 19.6 Å². The van der Waals surface area contributed by atoms with Crippen LogP contribution in [0.4, 0.5) is 13.2 Å². The van der Waals surface area contributed by atoms with E-state index in [2.05, 4.69) is 25.4 Å². The van der Waals surface area contributed by atoms with Crippen molar-refractivity contribution >= 4 is 17.2 Å². The minimum Gasteiger partial charge on any atom is -0.328 e. The van der Waals surface area contributed by atoms with Crippen LogP contribution < -0.4 is 5.32 Å². The first-order valence-electron chi connectivity index (χ1n) is 12.4. The Kier molecular flexibility index (Phi) is 6.59. The Hall–Kier alpha value is -2.86. The number of aromatic nitrogens is 5. The molecule has 1 saturated carbocycles. The van der Waals surface area contributed by atoms with E-state index in [1.54, 1.807) is 17.3 Å². The highest BCUT2D eigenvalue weighted by molar-refractivity contribution is 7.12. The Morgan fingerprint density at radius 3 is 2.43 bits per heavy atom. The molecular weight excluding hydrogens is 503 g/mol. The first kappa shape index (κ1) is 25.8. The zero-order valence-corrected chi connectivity index (χ0v) is 22.0. The Labute approximate surface area is 217 Å². The molecule has 2 fully saturated rings. The summed E-state index contributed by atoms with van der Waals surface area (Å²) in [5.41, 5.74) is 0.660. The lowest BCUT2D eigenvalue weighted by molar-refractivity contribution is -0.138. The van der Waals surface area contributed by atoms with Crippen molar-refractivity contribution < 1.29 is 18.0 Å². The molecule has 3 aromatic heterocycles. The second-order valence-electron chi connectivity index (χ2n) is 10.8. The molecule has 8 nitrogen and oxygen atoms in total. The molecule has 5 rings (SSSR count). The van der Waals surface area contributed by atoms with E-state index in [0.29, 0.717) is 52.2 Å². The number of piperazine rings is 1. The van der Waals surface area contributed by atoms with Gasteiger partial charge >= 0.3 is 6.18 Å². The van der Waals surface area contributed by atoms with Crippen molar-refractivity contribution in [2.75, 3.05) is 13.1 Å². The van der Waals surface area contributed by atoms with Gasteiger partial charge < -0.3 is 10.2 Å². The third kappa shape index (κ3) is 5.40. The first-order valence-corrected chi connectivity index (χ1v) is 13.2. The summed E-state index contributed by atoms with van der Waals surface area (Å²) >= 11 is 0.678. The average molecular weight is 534 g/mol. The van der Waals surface area contributed by atoms with Crippen molar-refractivity contribution in [3.05, 3.63) is 46.2 Å². The monoisotopic (exact) mass is 533 g/mol. The van der Waals surface area contributed by atoms with Crippen LogP contribution in [0.5, 0.6) is 0 Å². The molecular formula is C25H30F3N7OS. The zero-order chi connectivity index (χ0) is 26.5. The molecule has 0 spiro atoms. The summed E-state index contributed by atoms with van der Waals surface area (Å²) in [6, 6.07) is 0.348. The molecule has 1 aliphatic carbocycles. The van der Waals surface area contributed by atoms with Gasteiger partial charge in [-0.3, -0.25) is 4.79 Å². The van der Waals surface area contributed by atoms with Gasteiger partial charge in [-0.05, 0) is 25.8 Å². The van der Waals surface area contributed by atoms with Gasteiger partial charge in [0.2, 0.25) is 5.91 Å². The van der Waals surface area contributed by atoms with Crippen molar-refractivity contribution in [3.8, 4) is 11.1 Å². The second-order valence-corrected chi connectivity index (χ2v) is 11.9. The van der Waals surface area contributed by atoms with Crippen molar-refractivity contribution in [1.29, 1.82) is 0 Å². The topological polar surface area (TPSA) is 88.8 Å². The number of alkyl halides is 3. The van der Waals surface area contributed by atoms with E-state index in [1.165, 1.54) is 11.0 Å². The van der Waals surface area contributed by atoms with Gasteiger partial charge in [0.25, 0.3) is 0 Å². The van der Waals surface area contributed by atoms with E-state index < -0.39 is 17.1 Å². The van der Waals surface area contributed by atoms with Gasteiger partial charge in [0, 0.05) is 58.9 Å². The van der Waals surface area contributed by atoms with Crippen LogP contribution in [0.25, 0.3) is 11.1 Å². The Balaban J connectivity index is 1.49. The first-order chi connectivity index (χ1) is 17.4. The number of halogens is 3. The van der Waals surface area contributed by atoms with E-state index in [4.69, 9.17) is 0 Å². The van der Waals surface area contributed by atoms with Crippen molar-refractivity contribution in [2.24, 2.45) is 0 Å². The predicted molar refractivity (Wildman–Crippen MR) is 133 cm³/mol. The number of rotatable bonds is 5. The fraction of sp³-hybridized carbons (Fsp3) is 0.560. The smallest absolute Gasteiger partial charge is 0.328 e. The maximum absolute atomic E-state index is 13.8. The lowest BCUT2D eigenvalue weighted by Crippen LogP contribution is -2.54. The highest BCUT2D eigenvalue weighted by Gasteiger charge is 2.40. The predicted octanol–water partition coefficient (Wildman–Crippen LogP) is 4.55. The summed E-state index contributed by atoms with van der Waals surface area (Å²) in [5, 5.41) is 7.73. The van der Waals surface area contributed by atoms with Crippen LogP contribution >= 0.6 is 11.3 Å².